The van der Waals surface area contributed by atoms with Crippen molar-refractivity contribution in [1.29, 1.82) is 0 Å². The van der Waals surface area contributed by atoms with E-state index in [9.17, 15) is 4.79 Å². The Morgan fingerprint density at radius 1 is 1.62 bits per heavy atom. The molecular formula is C4H10MnO3. The molecule has 0 aromatic carbocycles. The fourth-order valence-electron chi connectivity index (χ4n) is 0.214. The van der Waals surface area contributed by atoms with Crippen LogP contribution in [0, 0.1) is 0 Å². The van der Waals surface area contributed by atoms with Crippen LogP contribution >= 0.6 is 0 Å². The normalized spacial score (nSPS) is 6.12. The summed E-state index contributed by atoms with van der Waals surface area (Å²) < 4.78 is 0. The molecule has 0 heterocycles. The van der Waals surface area contributed by atoms with Gasteiger partial charge in [-0.1, -0.05) is 6.92 Å². The van der Waals surface area contributed by atoms with Gasteiger partial charge in [-0.2, -0.15) is 0 Å². The largest absolute Gasteiger partial charge is 0.481 e. The Kier molecular flexibility index (Phi) is 19.7. The predicted octanol–water partition coefficient (Wildman–Crippen LogP) is 0.0439. The van der Waals surface area contributed by atoms with Crippen molar-refractivity contribution in [2.75, 3.05) is 0 Å². The number of hydrogen-bond acceptors (Lipinski definition) is 1. The van der Waals surface area contributed by atoms with Crippen LogP contribution in [0.5, 0.6) is 0 Å². The van der Waals surface area contributed by atoms with Crippen LogP contribution in [-0.4, -0.2) is 16.6 Å². The van der Waals surface area contributed by atoms with Crippen molar-refractivity contribution in [3.05, 3.63) is 0 Å². The molecular weight excluding hydrogens is 151 g/mol. The Morgan fingerprint density at radius 2 is 2.00 bits per heavy atom. The Hall–Kier alpha value is -0.0505. The van der Waals surface area contributed by atoms with Gasteiger partial charge in [0, 0.05) is 23.5 Å². The first-order valence-electron chi connectivity index (χ1n) is 1.99. The zero-order chi connectivity index (χ0) is 4.99. The Bertz CT molecular complexity index is 55.2. The quantitative estimate of drug-likeness (QED) is 0.581. The van der Waals surface area contributed by atoms with E-state index in [1.165, 1.54) is 0 Å². The molecule has 0 aliphatic heterocycles. The van der Waals surface area contributed by atoms with E-state index in [0.29, 0.717) is 6.42 Å². The first-order chi connectivity index (χ1) is 2.77. The maximum absolute atomic E-state index is 9.60. The van der Waals surface area contributed by atoms with Crippen LogP contribution in [0.3, 0.4) is 0 Å². The number of carboxylic acids is 1. The first kappa shape index (κ1) is 15.7. The average molecular weight is 161 g/mol. The van der Waals surface area contributed by atoms with Crippen LogP contribution in [0.4, 0.5) is 0 Å². The van der Waals surface area contributed by atoms with E-state index >= 15 is 0 Å². The van der Waals surface area contributed by atoms with Crippen LogP contribution in [0.25, 0.3) is 0 Å². The van der Waals surface area contributed by atoms with Gasteiger partial charge in [0.2, 0.25) is 0 Å². The molecule has 8 heavy (non-hydrogen) atoms. The summed E-state index contributed by atoms with van der Waals surface area (Å²) in [6.07, 6.45) is 1.02. The molecule has 0 saturated heterocycles. The summed E-state index contributed by atoms with van der Waals surface area (Å²) in [4.78, 5) is 9.60. The monoisotopic (exact) mass is 161 g/mol. The van der Waals surface area contributed by atoms with Gasteiger partial charge >= 0.3 is 5.97 Å². The topological polar surface area (TPSA) is 68.8 Å². The average Bonchev–Trinajstić information content (AvgIpc) is 1.35. The minimum atomic E-state index is -0.711. The Balaban J connectivity index is -0.000000125. The molecule has 3 nitrogen and oxygen atoms in total. The van der Waals surface area contributed by atoms with E-state index < -0.39 is 5.97 Å². The second-order valence-electron chi connectivity index (χ2n) is 1.14. The molecule has 0 rings (SSSR count). The molecule has 0 fully saturated rings. The molecule has 3 N–H and O–H groups in total. The predicted molar refractivity (Wildman–Crippen MR) is 26.2 cm³/mol. The summed E-state index contributed by atoms with van der Waals surface area (Å²) in [7, 11) is 0. The van der Waals surface area contributed by atoms with Crippen molar-refractivity contribution in [2.24, 2.45) is 0 Å². The third-order valence-electron chi connectivity index (χ3n) is 0.464. The third-order valence-corrected chi connectivity index (χ3v) is 0.464. The van der Waals surface area contributed by atoms with Crippen LogP contribution < -0.4 is 0 Å². The maximum Gasteiger partial charge on any atom is 0.303 e. The van der Waals surface area contributed by atoms with Gasteiger partial charge in [0.1, 0.15) is 0 Å². The smallest absolute Gasteiger partial charge is 0.303 e. The van der Waals surface area contributed by atoms with E-state index in [4.69, 9.17) is 5.11 Å². The number of carbonyl (C=O) groups is 1. The molecule has 0 bridgehead atoms. The van der Waals surface area contributed by atoms with E-state index in [1.54, 1.807) is 0 Å². The third kappa shape index (κ3) is 16.8. The van der Waals surface area contributed by atoms with Crippen molar-refractivity contribution in [3.63, 3.8) is 0 Å². The fraction of sp³-hybridized carbons (Fsp3) is 0.750. The summed E-state index contributed by atoms with van der Waals surface area (Å²) in [5, 5.41) is 7.91. The summed E-state index contributed by atoms with van der Waals surface area (Å²) in [5.74, 6) is -0.711. The van der Waals surface area contributed by atoms with Gasteiger partial charge < -0.3 is 10.6 Å². The van der Waals surface area contributed by atoms with Gasteiger partial charge in [-0.05, 0) is 6.42 Å². The van der Waals surface area contributed by atoms with Crippen LogP contribution in [-0.2, 0) is 21.9 Å². The maximum atomic E-state index is 9.60. The molecule has 1 radical (unpaired) electrons. The molecule has 4 heteroatoms. The van der Waals surface area contributed by atoms with Crippen molar-refractivity contribution < 1.29 is 32.4 Å². The first-order valence-corrected chi connectivity index (χ1v) is 1.99. The molecule has 0 aliphatic carbocycles. The molecule has 0 unspecified atom stereocenters. The zero-order valence-electron chi connectivity index (χ0n) is 4.65. The standard InChI is InChI=1S/C4H8O2.Mn.H2O/c1-2-3-4(5)6;;/h2-3H2,1H3,(H,5,6);;1H2. The van der Waals surface area contributed by atoms with Crippen molar-refractivity contribution in [1.82, 2.24) is 0 Å². The van der Waals surface area contributed by atoms with E-state index in [1.807, 2.05) is 6.92 Å². The van der Waals surface area contributed by atoms with Crippen LogP contribution in [0.2, 0.25) is 0 Å². The van der Waals surface area contributed by atoms with Gasteiger partial charge in [-0.25, -0.2) is 0 Å². The molecule has 0 aromatic heterocycles. The summed E-state index contributed by atoms with van der Waals surface area (Å²) in [6, 6.07) is 0. The second kappa shape index (κ2) is 10.0. The summed E-state index contributed by atoms with van der Waals surface area (Å²) >= 11 is 0. The van der Waals surface area contributed by atoms with Gasteiger partial charge in [0.05, 0.1) is 0 Å². The molecule has 0 aromatic rings. The Labute approximate surface area is 58.9 Å². The van der Waals surface area contributed by atoms with E-state index in [0.717, 1.165) is 6.42 Å². The summed E-state index contributed by atoms with van der Waals surface area (Å²) in [5.41, 5.74) is 0. The molecule has 0 atom stereocenters. The molecule has 0 spiro atoms. The number of rotatable bonds is 2. The van der Waals surface area contributed by atoms with Crippen LogP contribution in [0.1, 0.15) is 19.8 Å². The minimum Gasteiger partial charge on any atom is -0.481 e. The molecule has 0 saturated carbocycles. The van der Waals surface area contributed by atoms with Crippen molar-refractivity contribution >= 4 is 5.97 Å². The van der Waals surface area contributed by atoms with Gasteiger partial charge in [0.25, 0.3) is 0 Å². The Morgan fingerprint density at radius 3 is 2.00 bits per heavy atom. The fourth-order valence-corrected chi connectivity index (χ4v) is 0.214. The molecule has 0 aliphatic rings. The van der Waals surface area contributed by atoms with Crippen molar-refractivity contribution in [2.45, 2.75) is 19.8 Å². The van der Waals surface area contributed by atoms with Gasteiger partial charge in [-0.3, -0.25) is 4.79 Å². The number of aliphatic carboxylic acids is 1. The van der Waals surface area contributed by atoms with Gasteiger partial charge in [0.15, 0.2) is 0 Å². The van der Waals surface area contributed by atoms with Crippen molar-refractivity contribution in [3.8, 4) is 0 Å². The van der Waals surface area contributed by atoms with Crippen LogP contribution in [0.15, 0.2) is 0 Å². The SMILES string of the molecule is CCCC(=O)O.O.[Mn]. The molecule has 0 amide bonds. The minimum absolute atomic E-state index is 0. The summed E-state index contributed by atoms with van der Waals surface area (Å²) in [6.45, 7) is 1.84. The number of carboxylic acid groups (broad SMARTS) is 1. The number of hydrogen-bond donors (Lipinski definition) is 1. The van der Waals surface area contributed by atoms with Gasteiger partial charge in [-0.15, -0.1) is 0 Å². The van der Waals surface area contributed by atoms with E-state index in [2.05, 4.69) is 0 Å². The van der Waals surface area contributed by atoms with E-state index in [-0.39, 0.29) is 22.5 Å². The zero-order valence-corrected chi connectivity index (χ0v) is 5.83. The molecule has 51 valence electrons. The second-order valence-corrected chi connectivity index (χ2v) is 1.14.